The summed E-state index contributed by atoms with van der Waals surface area (Å²) in [7, 11) is 0. The number of nitro groups is 1. The van der Waals surface area contributed by atoms with Crippen LogP contribution in [0.15, 0.2) is 69.9 Å². The lowest BCUT2D eigenvalue weighted by Gasteiger charge is -2.04. The highest BCUT2D eigenvalue weighted by Gasteiger charge is 2.16. The second-order valence-electron chi connectivity index (χ2n) is 7.14. The van der Waals surface area contributed by atoms with E-state index in [0.29, 0.717) is 37.9 Å². The van der Waals surface area contributed by atoms with E-state index in [1.54, 1.807) is 54.6 Å². The number of carbonyl (C=O) groups is 1. The van der Waals surface area contributed by atoms with E-state index in [1.807, 2.05) is 0 Å². The minimum absolute atomic E-state index is 0.0436. The van der Waals surface area contributed by atoms with Gasteiger partial charge in [-0.1, -0.05) is 35.6 Å². The van der Waals surface area contributed by atoms with Gasteiger partial charge in [-0.25, -0.2) is 0 Å². The van der Waals surface area contributed by atoms with Gasteiger partial charge in [-0.15, -0.1) is 5.10 Å². The molecule has 0 radical (unpaired) electrons. The zero-order valence-electron chi connectivity index (χ0n) is 17.5. The van der Waals surface area contributed by atoms with Crippen LogP contribution in [0.3, 0.4) is 0 Å². The zero-order chi connectivity index (χ0) is 23.8. The van der Waals surface area contributed by atoms with Gasteiger partial charge in [0, 0.05) is 30.7 Å². The Morgan fingerprint density at radius 1 is 1.18 bits per heavy atom. The fourth-order valence-corrected chi connectivity index (χ4v) is 4.22. The number of non-ortho nitro benzene ring substituents is 1. The molecule has 0 spiro atoms. The highest BCUT2D eigenvalue weighted by atomic mass is 32.1. The molecule has 0 saturated carbocycles. The van der Waals surface area contributed by atoms with Crippen molar-refractivity contribution in [3.05, 3.63) is 91.4 Å². The maximum Gasteiger partial charge on any atom is 0.308 e. The molecule has 0 atom stereocenters. The van der Waals surface area contributed by atoms with Gasteiger partial charge < -0.3 is 9.15 Å². The van der Waals surface area contributed by atoms with Crippen LogP contribution >= 0.6 is 11.3 Å². The lowest BCUT2D eigenvalue weighted by Crippen LogP contribution is -2.23. The third-order valence-corrected chi connectivity index (χ3v) is 5.76. The Morgan fingerprint density at radius 3 is 2.76 bits per heavy atom. The van der Waals surface area contributed by atoms with Gasteiger partial charge in [-0.2, -0.15) is 9.50 Å². The van der Waals surface area contributed by atoms with Crippen molar-refractivity contribution < 1.29 is 18.9 Å². The summed E-state index contributed by atoms with van der Waals surface area (Å²) in [6.45, 7) is 1.30. The van der Waals surface area contributed by atoms with Crippen LogP contribution < -0.4 is 14.8 Å². The largest absolute Gasteiger partial charge is 0.457 e. The smallest absolute Gasteiger partial charge is 0.308 e. The summed E-state index contributed by atoms with van der Waals surface area (Å²) >= 11 is 1.13. The summed E-state index contributed by atoms with van der Waals surface area (Å²) in [5.74, 6) is 0.932. The summed E-state index contributed by atoms with van der Waals surface area (Å²) in [6, 6.07) is 16.2. The number of furan rings is 1. The number of rotatable bonds is 5. The molecule has 5 aromatic rings. The first kappa shape index (κ1) is 21.2. The van der Waals surface area contributed by atoms with Crippen LogP contribution in [0.5, 0.6) is 5.75 Å². The number of nitrogens with zero attached hydrogens (tertiary/aromatic N) is 4. The lowest BCUT2D eigenvalue weighted by atomic mass is 10.1. The number of aromatic nitrogens is 3. The number of para-hydroxylation sites is 1. The van der Waals surface area contributed by atoms with E-state index in [2.05, 4.69) is 10.1 Å². The van der Waals surface area contributed by atoms with E-state index in [4.69, 9.17) is 9.15 Å². The molecule has 0 unspecified atom stereocenters. The molecule has 3 heterocycles. The van der Waals surface area contributed by atoms with Crippen molar-refractivity contribution in [1.82, 2.24) is 14.6 Å². The molecule has 0 amide bonds. The normalized spacial score (nSPS) is 11.7. The van der Waals surface area contributed by atoms with Crippen LogP contribution in [-0.2, 0) is 4.79 Å². The summed E-state index contributed by atoms with van der Waals surface area (Å²) in [4.78, 5) is 39.6. The molecule has 34 heavy (non-hydrogen) atoms. The Hall–Kier alpha value is -4.64. The molecule has 2 aromatic carbocycles. The fraction of sp³-hybridized carbons (Fsp3) is 0.0435. The van der Waals surface area contributed by atoms with Gasteiger partial charge in [0.15, 0.2) is 5.82 Å². The van der Waals surface area contributed by atoms with E-state index >= 15 is 0 Å². The third-order valence-electron chi connectivity index (χ3n) is 4.81. The molecule has 5 rings (SSSR count). The van der Waals surface area contributed by atoms with Gasteiger partial charge in [0.2, 0.25) is 4.96 Å². The van der Waals surface area contributed by atoms with Crippen LogP contribution in [0.25, 0.3) is 33.7 Å². The van der Waals surface area contributed by atoms with E-state index in [1.165, 1.54) is 23.6 Å². The number of ether oxygens (including phenoxy) is 1. The minimum Gasteiger partial charge on any atom is -0.457 e. The van der Waals surface area contributed by atoms with E-state index in [0.717, 1.165) is 11.3 Å². The maximum atomic E-state index is 12.9. The molecule has 0 bridgehead atoms. The third kappa shape index (κ3) is 3.95. The van der Waals surface area contributed by atoms with Crippen molar-refractivity contribution in [1.29, 1.82) is 0 Å². The highest BCUT2D eigenvalue weighted by molar-refractivity contribution is 7.15. The van der Waals surface area contributed by atoms with Gasteiger partial charge in [-0.3, -0.25) is 19.7 Å². The Morgan fingerprint density at radius 2 is 2.00 bits per heavy atom. The summed E-state index contributed by atoms with van der Waals surface area (Å²) < 4.78 is 12.5. The van der Waals surface area contributed by atoms with Crippen molar-refractivity contribution in [2.45, 2.75) is 6.92 Å². The average molecular weight is 474 g/mol. The Labute approximate surface area is 194 Å². The number of hydrogen-bond acceptors (Lipinski definition) is 9. The molecule has 10 nitrogen and oxygen atoms in total. The molecular weight excluding hydrogens is 460 g/mol. The summed E-state index contributed by atoms with van der Waals surface area (Å²) in [5.41, 5.74) is 0.621. The molecule has 0 saturated heterocycles. The van der Waals surface area contributed by atoms with E-state index < -0.39 is 10.9 Å². The average Bonchev–Trinajstić information content (AvgIpc) is 3.51. The zero-order valence-corrected chi connectivity index (χ0v) is 18.3. The Kier molecular flexibility index (Phi) is 5.22. The monoisotopic (exact) mass is 474 g/mol. The van der Waals surface area contributed by atoms with Crippen LogP contribution in [0.1, 0.15) is 12.7 Å². The quantitative estimate of drug-likeness (QED) is 0.164. The minimum atomic E-state index is -0.476. The maximum absolute atomic E-state index is 12.9. The van der Waals surface area contributed by atoms with E-state index in [9.17, 15) is 19.7 Å². The highest BCUT2D eigenvalue weighted by Crippen LogP contribution is 2.28. The molecule has 0 fully saturated rings. The first-order valence-corrected chi connectivity index (χ1v) is 10.7. The first-order valence-electron chi connectivity index (χ1n) is 9.93. The van der Waals surface area contributed by atoms with Gasteiger partial charge in [0.25, 0.3) is 11.2 Å². The topological polar surface area (TPSA) is 130 Å². The van der Waals surface area contributed by atoms with Gasteiger partial charge >= 0.3 is 5.97 Å². The molecule has 0 aliphatic carbocycles. The van der Waals surface area contributed by atoms with Crippen LogP contribution in [-0.4, -0.2) is 25.5 Å². The van der Waals surface area contributed by atoms with Crippen molar-refractivity contribution >= 4 is 34.0 Å². The number of hydrogen-bond donors (Lipinski definition) is 0. The first-order chi connectivity index (χ1) is 16.4. The molecule has 11 heteroatoms. The number of thiazole rings is 1. The van der Waals surface area contributed by atoms with Crippen molar-refractivity contribution in [3.8, 4) is 28.5 Å². The van der Waals surface area contributed by atoms with Crippen LogP contribution in [0.4, 0.5) is 5.69 Å². The number of benzene rings is 2. The summed E-state index contributed by atoms with van der Waals surface area (Å²) in [5, 5.41) is 15.3. The molecule has 0 N–H and O–H groups in total. The van der Waals surface area contributed by atoms with Gasteiger partial charge in [0.1, 0.15) is 21.8 Å². The molecule has 3 aromatic heterocycles. The molecule has 168 valence electrons. The standard InChI is InChI=1S/C23H14N4O6S/c1-13(28)32-19-8-3-2-7-17(19)21-24-23-26(25-21)22(29)20(34-23)12-16-9-10-18(33-16)14-5-4-6-15(11-14)27(30)31/h2-12H,1H3/b20-12-. The molecule has 0 aliphatic rings. The number of nitro benzene ring substituents is 1. The number of esters is 1. The number of fused-ring (bicyclic) bond motifs is 1. The van der Waals surface area contributed by atoms with Crippen LogP contribution in [0, 0.1) is 10.1 Å². The van der Waals surface area contributed by atoms with Crippen molar-refractivity contribution in [2.24, 2.45) is 0 Å². The molecular formula is C23H14N4O6S. The fourth-order valence-electron chi connectivity index (χ4n) is 3.33. The van der Waals surface area contributed by atoms with Crippen molar-refractivity contribution in [2.75, 3.05) is 0 Å². The van der Waals surface area contributed by atoms with Gasteiger partial charge in [0.05, 0.1) is 10.5 Å². The van der Waals surface area contributed by atoms with Gasteiger partial charge in [-0.05, 0) is 24.3 Å². The second-order valence-corrected chi connectivity index (χ2v) is 8.15. The lowest BCUT2D eigenvalue weighted by molar-refractivity contribution is -0.384. The SMILES string of the molecule is CC(=O)Oc1ccccc1-c1nc2s/c(=C\c3ccc(-c4cccc([N+](=O)[O-])c4)o3)c(=O)n2n1. The number of carbonyl (C=O) groups excluding carboxylic acids is 1. The van der Waals surface area contributed by atoms with Crippen LogP contribution in [0.2, 0.25) is 0 Å². The second kappa shape index (κ2) is 8.37. The Bertz CT molecular complexity index is 1680. The Balaban J connectivity index is 1.49. The molecule has 0 aliphatic heterocycles. The predicted octanol–water partition coefficient (Wildman–Crippen LogP) is 3.46. The summed E-state index contributed by atoms with van der Waals surface area (Å²) in [6.07, 6.45) is 1.57. The van der Waals surface area contributed by atoms with Crippen molar-refractivity contribution in [3.63, 3.8) is 0 Å². The van der Waals surface area contributed by atoms with E-state index in [-0.39, 0.29) is 17.1 Å². The predicted molar refractivity (Wildman–Crippen MR) is 123 cm³/mol.